The highest BCUT2D eigenvalue weighted by Gasteiger charge is 2.31. The van der Waals surface area contributed by atoms with E-state index in [0.717, 1.165) is 36.5 Å². The van der Waals surface area contributed by atoms with Crippen molar-refractivity contribution in [3.8, 4) is 0 Å². The summed E-state index contributed by atoms with van der Waals surface area (Å²) in [5.74, 6) is -0.167. The Morgan fingerprint density at radius 3 is 2.89 bits per heavy atom. The lowest BCUT2D eigenvalue weighted by atomic mass is 9.90. The second-order valence-corrected chi connectivity index (χ2v) is 14.3. The number of nitrogens with zero attached hydrogens (tertiary/aromatic N) is 4. The Morgan fingerprint density at radius 2 is 2.18 bits per heavy atom. The number of aliphatic hydroxyl groups is 1. The standard InChI is InChI=1S/C19H30N4O4Si/c1-28(2,3)10-9-27-13-23-8-6-15-16(20-12-21-18(15)23)17(24)14-5-4-7-22(11-14)19(25)26/h6,8,12,14,17,24H,4-5,7,9-11,13H2,1-3H3,(H,25,26). The number of hydrogen-bond donors (Lipinski definition) is 2. The van der Waals surface area contributed by atoms with Crippen LogP contribution in [-0.4, -0.2) is 63.5 Å². The summed E-state index contributed by atoms with van der Waals surface area (Å²) in [5, 5.41) is 20.9. The minimum absolute atomic E-state index is 0.167. The van der Waals surface area contributed by atoms with Crippen LogP contribution in [0.1, 0.15) is 24.6 Å². The van der Waals surface area contributed by atoms with E-state index < -0.39 is 20.3 Å². The molecule has 8 nitrogen and oxygen atoms in total. The van der Waals surface area contributed by atoms with E-state index in [0.29, 0.717) is 25.5 Å². The molecule has 0 aliphatic carbocycles. The Kier molecular flexibility index (Phi) is 6.36. The van der Waals surface area contributed by atoms with Gasteiger partial charge in [-0.3, -0.25) is 0 Å². The number of likely N-dealkylation sites (tertiary alicyclic amines) is 1. The average molecular weight is 407 g/mol. The third kappa shape index (κ3) is 4.89. The molecule has 0 radical (unpaired) electrons. The predicted molar refractivity (Wildman–Crippen MR) is 109 cm³/mol. The first-order valence-corrected chi connectivity index (χ1v) is 13.5. The van der Waals surface area contributed by atoms with Gasteiger partial charge in [-0.1, -0.05) is 19.6 Å². The molecule has 2 unspecified atom stereocenters. The Labute approximate surface area is 166 Å². The number of hydrogen-bond acceptors (Lipinski definition) is 5. The van der Waals surface area contributed by atoms with Crippen LogP contribution in [0.5, 0.6) is 0 Å². The molecule has 1 amide bonds. The Balaban J connectivity index is 1.72. The second-order valence-electron chi connectivity index (χ2n) is 8.71. The number of carboxylic acid groups (broad SMARTS) is 1. The fourth-order valence-corrected chi connectivity index (χ4v) is 4.33. The lowest BCUT2D eigenvalue weighted by molar-refractivity contribution is 0.0487. The monoisotopic (exact) mass is 406 g/mol. The summed E-state index contributed by atoms with van der Waals surface area (Å²) in [4.78, 5) is 21.3. The quantitative estimate of drug-likeness (QED) is 0.541. The third-order valence-electron chi connectivity index (χ3n) is 5.27. The van der Waals surface area contributed by atoms with Crippen LogP contribution in [0.15, 0.2) is 18.6 Å². The van der Waals surface area contributed by atoms with Gasteiger partial charge in [-0.15, -0.1) is 0 Å². The zero-order valence-electron chi connectivity index (χ0n) is 16.8. The van der Waals surface area contributed by atoms with Crippen molar-refractivity contribution in [2.24, 2.45) is 5.92 Å². The van der Waals surface area contributed by atoms with Gasteiger partial charge in [0.25, 0.3) is 0 Å². The summed E-state index contributed by atoms with van der Waals surface area (Å²) in [6.07, 6.45) is 3.11. The van der Waals surface area contributed by atoms with Crippen molar-refractivity contribution in [3.05, 3.63) is 24.3 Å². The molecule has 2 N–H and O–H groups in total. The lowest BCUT2D eigenvalue weighted by Crippen LogP contribution is -2.41. The van der Waals surface area contributed by atoms with Gasteiger partial charge in [-0.25, -0.2) is 14.8 Å². The van der Waals surface area contributed by atoms with Crippen molar-refractivity contribution >= 4 is 25.2 Å². The van der Waals surface area contributed by atoms with E-state index in [1.807, 2.05) is 16.8 Å². The molecule has 154 valence electrons. The molecule has 0 bridgehead atoms. The van der Waals surface area contributed by atoms with E-state index in [9.17, 15) is 15.0 Å². The number of carbonyl (C=O) groups is 1. The number of rotatable bonds is 7. The Hall–Kier alpha value is -1.97. The number of fused-ring (bicyclic) bond motifs is 1. The molecular formula is C19H30N4O4Si. The molecule has 2 aromatic rings. The van der Waals surface area contributed by atoms with Gasteiger partial charge in [-0.2, -0.15) is 0 Å². The van der Waals surface area contributed by atoms with Crippen LogP contribution in [0.4, 0.5) is 4.79 Å². The van der Waals surface area contributed by atoms with Crippen molar-refractivity contribution in [1.29, 1.82) is 0 Å². The number of amides is 1. The minimum Gasteiger partial charge on any atom is -0.465 e. The highest BCUT2D eigenvalue weighted by molar-refractivity contribution is 6.76. The smallest absolute Gasteiger partial charge is 0.407 e. The summed E-state index contributed by atoms with van der Waals surface area (Å²) in [5.41, 5.74) is 1.28. The van der Waals surface area contributed by atoms with Crippen LogP contribution >= 0.6 is 0 Å². The summed E-state index contributed by atoms with van der Waals surface area (Å²) in [6, 6.07) is 3.00. The largest absolute Gasteiger partial charge is 0.465 e. The summed E-state index contributed by atoms with van der Waals surface area (Å²) < 4.78 is 7.74. The van der Waals surface area contributed by atoms with Gasteiger partial charge in [0.2, 0.25) is 0 Å². The number of aromatic nitrogens is 3. The van der Waals surface area contributed by atoms with Crippen molar-refractivity contribution in [2.45, 2.75) is 51.4 Å². The van der Waals surface area contributed by atoms with Gasteiger partial charge in [0.15, 0.2) is 0 Å². The minimum atomic E-state index is -1.13. The van der Waals surface area contributed by atoms with Gasteiger partial charge in [0.1, 0.15) is 24.8 Å². The van der Waals surface area contributed by atoms with Gasteiger partial charge in [-0.05, 0) is 25.0 Å². The van der Waals surface area contributed by atoms with Crippen molar-refractivity contribution < 1.29 is 19.7 Å². The Morgan fingerprint density at radius 1 is 1.39 bits per heavy atom. The normalized spacial score (nSPS) is 19.1. The maximum Gasteiger partial charge on any atom is 0.407 e. The maximum absolute atomic E-state index is 11.3. The first-order chi connectivity index (χ1) is 13.3. The van der Waals surface area contributed by atoms with Gasteiger partial charge >= 0.3 is 6.09 Å². The average Bonchev–Trinajstić information content (AvgIpc) is 3.07. The molecule has 3 rings (SSSR count). The van der Waals surface area contributed by atoms with E-state index in [1.54, 1.807) is 0 Å². The number of aliphatic hydroxyl groups excluding tert-OH is 1. The number of piperidine rings is 1. The van der Waals surface area contributed by atoms with Crippen LogP contribution < -0.4 is 0 Å². The highest BCUT2D eigenvalue weighted by atomic mass is 28.3. The maximum atomic E-state index is 11.3. The zero-order valence-corrected chi connectivity index (χ0v) is 17.8. The predicted octanol–water partition coefficient (Wildman–Crippen LogP) is 3.17. The van der Waals surface area contributed by atoms with E-state index in [4.69, 9.17) is 4.74 Å². The van der Waals surface area contributed by atoms with E-state index in [-0.39, 0.29) is 5.92 Å². The van der Waals surface area contributed by atoms with E-state index >= 15 is 0 Å². The number of ether oxygens (including phenoxy) is 1. The fraction of sp³-hybridized carbons (Fsp3) is 0.632. The molecule has 3 heterocycles. The van der Waals surface area contributed by atoms with Crippen LogP contribution in [0.2, 0.25) is 25.7 Å². The molecule has 0 saturated carbocycles. The van der Waals surface area contributed by atoms with Crippen LogP contribution in [0, 0.1) is 5.92 Å². The van der Waals surface area contributed by atoms with Crippen LogP contribution in [0.25, 0.3) is 11.0 Å². The molecule has 9 heteroatoms. The first-order valence-electron chi connectivity index (χ1n) is 9.80. The first kappa shape index (κ1) is 20.8. The van der Waals surface area contributed by atoms with E-state index in [1.165, 1.54) is 11.2 Å². The molecule has 1 fully saturated rings. The molecule has 28 heavy (non-hydrogen) atoms. The topological polar surface area (TPSA) is 101 Å². The summed E-state index contributed by atoms with van der Waals surface area (Å²) in [7, 11) is -1.13. The highest BCUT2D eigenvalue weighted by Crippen LogP contribution is 2.32. The molecule has 0 aromatic carbocycles. The van der Waals surface area contributed by atoms with Crippen molar-refractivity contribution in [2.75, 3.05) is 19.7 Å². The van der Waals surface area contributed by atoms with Crippen LogP contribution in [0.3, 0.4) is 0 Å². The summed E-state index contributed by atoms with van der Waals surface area (Å²) in [6.45, 7) is 8.93. The third-order valence-corrected chi connectivity index (χ3v) is 6.97. The molecule has 1 saturated heterocycles. The lowest BCUT2D eigenvalue weighted by Gasteiger charge is -2.33. The molecule has 1 aliphatic heterocycles. The fourth-order valence-electron chi connectivity index (χ4n) is 3.57. The van der Waals surface area contributed by atoms with Crippen LogP contribution in [-0.2, 0) is 11.5 Å². The molecule has 2 aromatic heterocycles. The molecule has 2 atom stereocenters. The van der Waals surface area contributed by atoms with Crippen molar-refractivity contribution in [1.82, 2.24) is 19.4 Å². The van der Waals surface area contributed by atoms with Crippen molar-refractivity contribution in [3.63, 3.8) is 0 Å². The zero-order chi connectivity index (χ0) is 20.3. The summed E-state index contributed by atoms with van der Waals surface area (Å²) >= 11 is 0. The second kappa shape index (κ2) is 8.58. The molecule has 1 aliphatic rings. The van der Waals surface area contributed by atoms with Gasteiger partial charge in [0, 0.05) is 45.3 Å². The molecular weight excluding hydrogens is 376 g/mol. The van der Waals surface area contributed by atoms with Gasteiger partial charge < -0.3 is 24.4 Å². The van der Waals surface area contributed by atoms with Gasteiger partial charge in [0.05, 0.1) is 5.69 Å². The molecule has 0 spiro atoms. The SMILES string of the molecule is C[Si](C)(C)CCOCn1ccc2c(C(O)C3CCCN(C(=O)O)C3)ncnc21. The van der Waals surface area contributed by atoms with E-state index in [2.05, 4.69) is 29.6 Å². The Bertz CT molecular complexity index is 820.